The molecule has 1 fully saturated rings. The largest absolute Gasteiger partial charge is 0.497 e. The molecule has 0 aromatic heterocycles. The molecule has 0 spiro atoms. The van der Waals surface area contributed by atoms with Crippen molar-refractivity contribution in [2.45, 2.75) is 32.7 Å². The predicted molar refractivity (Wildman–Crippen MR) is 113 cm³/mol. The average Bonchev–Trinajstić information content (AvgIpc) is 3.25. The Balaban J connectivity index is 1.47. The van der Waals surface area contributed by atoms with E-state index in [0.717, 1.165) is 60.9 Å². The van der Waals surface area contributed by atoms with Crippen molar-refractivity contribution >= 4 is 5.97 Å². The first-order valence-corrected chi connectivity index (χ1v) is 10.5. The molecular formula is C24H29NO5. The summed E-state index contributed by atoms with van der Waals surface area (Å²) in [5.74, 6) is 2.37. The van der Waals surface area contributed by atoms with Gasteiger partial charge in [0.15, 0.2) is 11.5 Å². The summed E-state index contributed by atoms with van der Waals surface area (Å²) in [5.41, 5.74) is 1.72. The zero-order valence-corrected chi connectivity index (χ0v) is 17.7. The van der Waals surface area contributed by atoms with Crippen LogP contribution in [0.2, 0.25) is 0 Å². The van der Waals surface area contributed by atoms with Gasteiger partial charge in [-0.05, 0) is 63.0 Å². The number of esters is 1. The van der Waals surface area contributed by atoms with Crippen LogP contribution in [-0.2, 0) is 22.5 Å². The molecule has 2 aliphatic heterocycles. The van der Waals surface area contributed by atoms with Crippen molar-refractivity contribution < 1.29 is 23.7 Å². The summed E-state index contributed by atoms with van der Waals surface area (Å²) in [5, 5.41) is 0. The van der Waals surface area contributed by atoms with Crippen LogP contribution in [0.25, 0.3) is 0 Å². The fraction of sp³-hybridized carbons (Fsp3) is 0.458. The molecule has 0 N–H and O–H groups in total. The SMILES string of the molecule is CCOC(=O)C1(Cc2cccc(OC)c2)CCN(Cc2cccc3c2OCO3)CC1. The van der Waals surface area contributed by atoms with Crippen LogP contribution in [0, 0.1) is 5.41 Å². The van der Waals surface area contributed by atoms with Crippen LogP contribution in [0.4, 0.5) is 0 Å². The lowest BCUT2D eigenvalue weighted by molar-refractivity contribution is -0.158. The van der Waals surface area contributed by atoms with Gasteiger partial charge in [-0.3, -0.25) is 9.69 Å². The number of rotatable bonds is 7. The number of ether oxygens (including phenoxy) is 4. The van der Waals surface area contributed by atoms with Crippen LogP contribution < -0.4 is 14.2 Å². The Morgan fingerprint density at radius 1 is 1.13 bits per heavy atom. The van der Waals surface area contributed by atoms with Crippen molar-refractivity contribution in [2.24, 2.45) is 5.41 Å². The minimum atomic E-state index is -0.503. The van der Waals surface area contributed by atoms with Crippen LogP contribution in [0.3, 0.4) is 0 Å². The third-order valence-corrected chi connectivity index (χ3v) is 6.07. The summed E-state index contributed by atoms with van der Waals surface area (Å²) in [6.07, 6.45) is 2.18. The van der Waals surface area contributed by atoms with E-state index < -0.39 is 5.41 Å². The topological polar surface area (TPSA) is 57.2 Å². The van der Waals surface area contributed by atoms with Gasteiger partial charge >= 0.3 is 5.97 Å². The lowest BCUT2D eigenvalue weighted by Crippen LogP contribution is -2.46. The Kier molecular flexibility index (Phi) is 6.13. The molecule has 0 radical (unpaired) electrons. The molecule has 30 heavy (non-hydrogen) atoms. The number of likely N-dealkylation sites (tertiary alicyclic amines) is 1. The Bertz CT molecular complexity index is 889. The molecule has 0 bridgehead atoms. The van der Waals surface area contributed by atoms with Crippen LogP contribution >= 0.6 is 0 Å². The minimum absolute atomic E-state index is 0.0928. The summed E-state index contributed by atoms with van der Waals surface area (Å²) in [6, 6.07) is 14.0. The third kappa shape index (κ3) is 4.24. The maximum Gasteiger partial charge on any atom is 0.312 e. The average molecular weight is 411 g/mol. The Morgan fingerprint density at radius 3 is 2.70 bits per heavy atom. The second-order valence-electron chi connectivity index (χ2n) is 7.96. The van der Waals surface area contributed by atoms with Crippen LogP contribution in [0.15, 0.2) is 42.5 Å². The molecular weight excluding hydrogens is 382 g/mol. The van der Waals surface area contributed by atoms with Crippen molar-refractivity contribution in [3.05, 3.63) is 53.6 Å². The lowest BCUT2D eigenvalue weighted by atomic mass is 9.73. The van der Waals surface area contributed by atoms with Gasteiger partial charge in [0.05, 0.1) is 19.1 Å². The molecule has 1 saturated heterocycles. The van der Waals surface area contributed by atoms with E-state index in [1.807, 2.05) is 37.3 Å². The summed E-state index contributed by atoms with van der Waals surface area (Å²) in [4.78, 5) is 15.4. The summed E-state index contributed by atoms with van der Waals surface area (Å²) in [6.45, 7) is 4.98. The zero-order valence-electron chi connectivity index (χ0n) is 17.7. The number of benzene rings is 2. The van der Waals surface area contributed by atoms with Gasteiger partial charge < -0.3 is 18.9 Å². The van der Waals surface area contributed by atoms with E-state index in [0.29, 0.717) is 13.0 Å². The highest BCUT2D eigenvalue weighted by Gasteiger charge is 2.43. The van der Waals surface area contributed by atoms with E-state index in [2.05, 4.69) is 17.0 Å². The van der Waals surface area contributed by atoms with E-state index in [1.165, 1.54) is 0 Å². The summed E-state index contributed by atoms with van der Waals surface area (Å²) >= 11 is 0. The zero-order chi connectivity index (χ0) is 21.0. The van der Waals surface area contributed by atoms with Crippen LogP contribution in [0.1, 0.15) is 30.9 Å². The van der Waals surface area contributed by atoms with Gasteiger partial charge in [-0.1, -0.05) is 24.3 Å². The fourth-order valence-corrected chi connectivity index (χ4v) is 4.41. The molecule has 4 rings (SSSR count). The molecule has 6 heteroatoms. The molecule has 0 unspecified atom stereocenters. The maximum absolute atomic E-state index is 13.0. The quantitative estimate of drug-likeness (QED) is 0.646. The van der Waals surface area contributed by atoms with Crippen molar-refractivity contribution in [1.29, 1.82) is 0 Å². The van der Waals surface area contributed by atoms with Gasteiger partial charge in [0, 0.05) is 12.1 Å². The number of nitrogens with zero attached hydrogens (tertiary/aromatic N) is 1. The van der Waals surface area contributed by atoms with E-state index in [-0.39, 0.29) is 12.8 Å². The summed E-state index contributed by atoms with van der Waals surface area (Å²) in [7, 11) is 1.66. The van der Waals surface area contributed by atoms with Crippen molar-refractivity contribution in [1.82, 2.24) is 4.90 Å². The van der Waals surface area contributed by atoms with E-state index >= 15 is 0 Å². The van der Waals surface area contributed by atoms with Crippen molar-refractivity contribution in [2.75, 3.05) is 33.6 Å². The second kappa shape index (κ2) is 8.96. The number of hydrogen-bond acceptors (Lipinski definition) is 6. The molecule has 2 heterocycles. The Labute approximate surface area is 177 Å². The van der Waals surface area contributed by atoms with Gasteiger partial charge in [0.1, 0.15) is 5.75 Å². The fourth-order valence-electron chi connectivity index (χ4n) is 4.41. The number of fused-ring (bicyclic) bond motifs is 1. The normalized spacial score (nSPS) is 17.5. The number of para-hydroxylation sites is 1. The van der Waals surface area contributed by atoms with Crippen molar-refractivity contribution in [3.63, 3.8) is 0 Å². The van der Waals surface area contributed by atoms with Gasteiger partial charge in [0.2, 0.25) is 6.79 Å². The number of carbonyl (C=O) groups is 1. The Morgan fingerprint density at radius 2 is 1.93 bits per heavy atom. The monoisotopic (exact) mass is 411 g/mol. The molecule has 2 aliphatic rings. The number of piperidine rings is 1. The van der Waals surface area contributed by atoms with Crippen LogP contribution in [0.5, 0.6) is 17.2 Å². The Hall–Kier alpha value is -2.73. The van der Waals surface area contributed by atoms with Gasteiger partial charge in [0.25, 0.3) is 0 Å². The molecule has 0 amide bonds. The van der Waals surface area contributed by atoms with E-state index in [1.54, 1.807) is 7.11 Å². The van der Waals surface area contributed by atoms with Gasteiger partial charge in [-0.2, -0.15) is 0 Å². The lowest BCUT2D eigenvalue weighted by Gasteiger charge is -2.40. The third-order valence-electron chi connectivity index (χ3n) is 6.07. The van der Waals surface area contributed by atoms with Gasteiger partial charge in [-0.15, -0.1) is 0 Å². The minimum Gasteiger partial charge on any atom is -0.497 e. The summed E-state index contributed by atoms with van der Waals surface area (Å²) < 4.78 is 22.0. The molecule has 2 aromatic carbocycles. The highest BCUT2D eigenvalue weighted by molar-refractivity contribution is 5.77. The highest BCUT2D eigenvalue weighted by Crippen LogP contribution is 2.40. The first-order chi connectivity index (χ1) is 14.6. The molecule has 160 valence electrons. The number of hydrogen-bond donors (Lipinski definition) is 0. The van der Waals surface area contributed by atoms with E-state index in [9.17, 15) is 4.79 Å². The number of methoxy groups -OCH3 is 1. The maximum atomic E-state index is 13.0. The number of carbonyl (C=O) groups excluding carboxylic acids is 1. The smallest absolute Gasteiger partial charge is 0.312 e. The predicted octanol–water partition coefficient (Wildman–Crippen LogP) is 3.81. The molecule has 0 saturated carbocycles. The molecule has 2 aromatic rings. The second-order valence-corrected chi connectivity index (χ2v) is 7.96. The van der Waals surface area contributed by atoms with Crippen molar-refractivity contribution in [3.8, 4) is 17.2 Å². The standard InChI is InChI=1S/C24H29NO5/c1-3-28-23(26)24(15-18-6-4-8-20(14-18)27-2)10-12-25(13-11-24)16-19-7-5-9-21-22(19)30-17-29-21/h4-9,14H,3,10-13,15-17H2,1-2H3. The first kappa shape index (κ1) is 20.5. The van der Waals surface area contributed by atoms with Crippen LogP contribution in [-0.4, -0.2) is 44.5 Å². The van der Waals surface area contributed by atoms with Gasteiger partial charge in [-0.25, -0.2) is 0 Å². The van der Waals surface area contributed by atoms with E-state index in [4.69, 9.17) is 18.9 Å². The molecule has 0 atom stereocenters. The molecule has 6 nitrogen and oxygen atoms in total. The molecule has 0 aliphatic carbocycles. The first-order valence-electron chi connectivity index (χ1n) is 10.5. The highest BCUT2D eigenvalue weighted by atomic mass is 16.7.